The number of rotatable bonds is 6. The summed E-state index contributed by atoms with van der Waals surface area (Å²) in [6, 6.07) is 12.9. The van der Waals surface area contributed by atoms with Gasteiger partial charge in [-0.3, -0.25) is 14.4 Å². The number of halogens is 2. The molecule has 0 saturated carbocycles. The Bertz CT molecular complexity index is 967. The Labute approximate surface area is 188 Å². The molecule has 1 N–H and O–H groups in total. The van der Waals surface area contributed by atoms with Crippen LogP contribution in [0.2, 0.25) is 5.02 Å². The number of likely N-dealkylation sites (tertiary alicyclic amines) is 1. The predicted molar refractivity (Wildman–Crippen MR) is 118 cm³/mol. The van der Waals surface area contributed by atoms with Crippen LogP contribution in [0.25, 0.3) is 0 Å². The first-order chi connectivity index (χ1) is 14.3. The standard InChI is InChI=1S/C22H22BrClN2O4/c1-13-18(9-8-17(23)21(13)24)25-19(27)12-30-22(29)16-10-20(28)26(11-16)14(2)15-6-4-3-5-7-15/h3-9,14,16H,10-12H2,1-2H3,(H,25,27)/t14-,16+/m1/s1. The number of hydrogen-bond donors (Lipinski definition) is 1. The lowest BCUT2D eigenvalue weighted by Gasteiger charge is -2.25. The molecule has 0 spiro atoms. The SMILES string of the molecule is Cc1c(NC(=O)COC(=O)[C@H]2CC(=O)N([C@H](C)c3ccccc3)C2)ccc(Br)c1Cl. The zero-order chi connectivity index (χ0) is 21.8. The number of hydrogen-bond acceptors (Lipinski definition) is 4. The number of esters is 1. The van der Waals surface area contributed by atoms with Gasteiger partial charge in [-0.05, 0) is 53.0 Å². The van der Waals surface area contributed by atoms with Crippen LogP contribution < -0.4 is 5.32 Å². The molecule has 1 aliphatic heterocycles. The number of ether oxygens (including phenoxy) is 1. The molecule has 1 saturated heterocycles. The fourth-order valence-electron chi connectivity index (χ4n) is 3.40. The summed E-state index contributed by atoms with van der Waals surface area (Å²) in [5.74, 6) is -1.70. The van der Waals surface area contributed by atoms with Crippen molar-refractivity contribution in [3.05, 3.63) is 63.1 Å². The lowest BCUT2D eigenvalue weighted by molar-refractivity contribution is -0.151. The van der Waals surface area contributed by atoms with E-state index < -0.39 is 24.4 Å². The van der Waals surface area contributed by atoms with Crippen LogP contribution in [0.3, 0.4) is 0 Å². The summed E-state index contributed by atoms with van der Waals surface area (Å²) in [6.45, 7) is 3.56. The van der Waals surface area contributed by atoms with Gasteiger partial charge in [0.15, 0.2) is 6.61 Å². The van der Waals surface area contributed by atoms with E-state index in [0.717, 1.165) is 10.0 Å². The van der Waals surface area contributed by atoms with Crippen molar-refractivity contribution in [1.82, 2.24) is 4.90 Å². The Morgan fingerprint density at radius 2 is 1.97 bits per heavy atom. The molecule has 0 unspecified atom stereocenters. The van der Waals surface area contributed by atoms with Gasteiger partial charge >= 0.3 is 5.97 Å². The van der Waals surface area contributed by atoms with Crippen LogP contribution in [0.15, 0.2) is 46.9 Å². The Morgan fingerprint density at radius 1 is 1.27 bits per heavy atom. The van der Waals surface area contributed by atoms with Crippen LogP contribution >= 0.6 is 27.5 Å². The van der Waals surface area contributed by atoms with E-state index in [9.17, 15) is 14.4 Å². The van der Waals surface area contributed by atoms with Gasteiger partial charge in [0.2, 0.25) is 5.91 Å². The molecule has 0 bridgehead atoms. The molecule has 2 amide bonds. The van der Waals surface area contributed by atoms with Gasteiger partial charge < -0.3 is 15.0 Å². The molecule has 0 aliphatic carbocycles. The van der Waals surface area contributed by atoms with E-state index in [0.29, 0.717) is 16.3 Å². The highest BCUT2D eigenvalue weighted by Crippen LogP contribution is 2.31. The minimum Gasteiger partial charge on any atom is -0.455 e. The van der Waals surface area contributed by atoms with Crippen molar-refractivity contribution < 1.29 is 19.1 Å². The maximum atomic E-state index is 12.4. The fourth-order valence-corrected chi connectivity index (χ4v) is 4.00. The molecule has 1 heterocycles. The predicted octanol–water partition coefficient (Wildman–Crippen LogP) is 4.50. The van der Waals surface area contributed by atoms with Crippen molar-refractivity contribution in [3.8, 4) is 0 Å². The van der Waals surface area contributed by atoms with E-state index in [1.54, 1.807) is 24.0 Å². The Kier molecular flexibility index (Phi) is 7.15. The summed E-state index contributed by atoms with van der Waals surface area (Å²) < 4.78 is 5.89. The first kappa shape index (κ1) is 22.3. The normalized spacial score (nSPS) is 17.0. The van der Waals surface area contributed by atoms with Crippen LogP contribution in [0.1, 0.15) is 30.5 Å². The number of amides is 2. The molecule has 158 valence electrons. The van der Waals surface area contributed by atoms with Gasteiger partial charge in [0.05, 0.1) is 17.0 Å². The molecule has 3 rings (SSSR count). The van der Waals surface area contributed by atoms with Gasteiger partial charge in [-0.1, -0.05) is 41.9 Å². The van der Waals surface area contributed by atoms with E-state index in [-0.39, 0.29) is 24.9 Å². The summed E-state index contributed by atoms with van der Waals surface area (Å²) in [5, 5.41) is 3.18. The molecule has 8 heteroatoms. The third-order valence-electron chi connectivity index (χ3n) is 5.20. The molecule has 0 aromatic heterocycles. The highest BCUT2D eigenvalue weighted by atomic mass is 79.9. The molecular weight excluding hydrogens is 472 g/mol. The van der Waals surface area contributed by atoms with Crippen LogP contribution in [0.5, 0.6) is 0 Å². The van der Waals surface area contributed by atoms with Gasteiger partial charge in [0.1, 0.15) is 0 Å². The molecule has 2 aromatic rings. The second kappa shape index (κ2) is 9.62. The maximum absolute atomic E-state index is 12.4. The molecule has 1 fully saturated rings. The van der Waals surface area contributed by atoms with Crippen molar-refractivity contribution in [2.45, 2.75) is 26.3 Å². The Hall–Kier alpha value is -2.38. The minimum atomic E-state index is -0.583. The summed E-state index contributed by atoms with van der Waals surface area (Å²) >= 11 is 9.48. The van der Waals surface area contributed by atoms with Crippen LogP contribution in [-0.2, 0) is 19.1 Å². The second-order valence-corrected chi connectivity index (χ2v) is 8.46. The molecular formula is C22H22BrClN2O4. The molecule has 30 heavy (non-hydrogen) atoms. The second-order valence-electron chi connectivity index (χ2n) is 7.22. The average Bonchev–Trinajstić information content (AvgIpc) is 3.14. The lowest BCUT2D eigenvalue weighted by atomic mass is 10.1. The quantitative estimate of drug-likeness (QED) is 0.601. The average molecular weight is 494 g/mol. The number of anilines is 1. The minimum absolute atomic E-state index is 0.0824. The number of nitrogens with zero attached hydrogens (tertiary/aromatic N) is 1. The van der Waals surface area contributed by atoms with Crippen molar-refractivity contribution in [2.75, 3.05) is 18.5 Å². The first-order valence-electron chi connectivity index (χ1n) is 9.53. The highest BCUT2D eigenvalue weighted by Gasteiger charge is 2.38. The van der Waals surface area contributed by atoms with Gasteiger partial charge in [0, 0.05) is 23.1 Å². The van der Waals surface area contributed by atoms with Gasteiger partial charge in [-0.15, -0.1) is 0 Å². The Morgan fingerprint density at radius 3 is 2.67 bits per heavy atom. The van der Waals surface area contributed by atoms with Gasteiger partial charge in [-0.25, -0.2) is 0 Å². The van der Waals surface area contributed by atoms with Crippen LogP contribution in [0, 0.1) is 12.8 Å². The monoisotopic (exact) mass is 492 g/mol. The number of nitrogens with one attached hydrogen (secondary N) is 1. The summed E-state index contributed by atoms with van der Waals surface area (Å²) in [7, 11) is 0. The maximum Gasteiger partial charge on any atom is 0.311 e. The van der Waals surface area contributed by atoms with Crippen molar-refractivity contribution in [1.29, 1.82) is 0 Å². The van der Waals surface area contributed by atoms with E-state index in [4.69, 9.17) is 16.3 Å². The summed E-state index contributed by atoms with van der Waals surface area (Å²) in [4.78, 5) is 38.7. The molecule has 1 aliphatic rings. The van der Waals surface area contributed by atoms with Gasteiger partial charge in [0.25, 0.3) is 5.91 Å². The fraction of sp³-hybridized carbons (Fsp3) is 0.318. The largest absolute Gasteiger partial charge is 0.455 e. The smallest absolute Gasteiger partial charge is 0.311 e. The van der Waals surface area contributed by atoms with E-state index >= 15 is 0 Å². The number of carbonyl (C=O) groups excluding carboxylic acids is 3. The van der Waals surface area contributed by atoms with Crippen molar-refractivity contribution in [2.24, 2.45) is 5.92 Å². The first-order valence-corrected chi connectivity index (χ1v) is 10.7. The van der Waals surface area contributed by atoms with Crippen molar-refractivity contribution in [3.63, 3.8) is 0 Å². The zero-order valence-electron chi connectivity index (χ0n) is 16.7. The molecule has 2 aromatic carbocycles. The third-order valence-corrected chi connectivity index (χ3v) is 6.58. The van der Waals surface area contributed by atoms with Crippen molar-refractivity contribution >= 4 is 51.0 Å². The molecule has 2 atom stereocenters. The Balaban J connectivity index is 1.53. The highest BCUT2D eigenvalue weighted by molar-refractivity contribution is 9.10. The lowest BCUT2D eigenvalue weighted by Crippen LogP contribution is -2.30. The van der Waals surface area contributed by atoms with Gasteiger partial charge in [-0.2, -0.15) is 0 Å². The summed E-state index contributed by atoms with van der Waals surface area (Å²) in [5.41, 5.74) is 2.25. The number of carbonyl (C=O) groups is 3. The van der Waals surface area contributed by atoms with Crippen LogP contribution in [0.4, 0.5) is 5.69 Å². The van der Waals surface area contributed by atoms with Crippen LogP contribution in [-0.4, -0.2) is 35.8 Å². The third kappa shape index (κ3) is 5.02. The van der Waals surface area contributed by atoms with E-state index in [1.807, 2.05) is 37.3 Å². The molecule has 0 radical (unpaired) electrons. The van der Waals surface area contributed by atoms with E-state index in [2.05, 4.69) is 21.2 Å². The zero-order valence-corrected chi connectivity index (χ0v) is 19.0. The topological polar surface area (TPSA) is 75.7 Å². The molecule has 6 nitrogen and oxygen atoms in total. The van der Waals surface area contributed by atoms with E-state index in [1.165, 1.54) is 0 Å². The summed E-state index contributed by atoms with van der Waals surface area (Å²) in [6.07, 6.45) is 0.0824. The number of benzene rings is 2.